The Morgan fingerprint density at radius 3 is 2.38 bits per heavy atom. The molecule has 0 atom stereocenters. The maximum Gasteiger partial charge on any atom is 0.339 e. The number of aromatic nitrogens is 2. The van der Waals surface area contributed by atoms with Crippen LogP contribution in [-0.2, 0) is 14.8 Å². The van der Waals surface area contributed by atoms with Gasteiger partial charge in [0.1, 0.15) is 5.69 Å². The van der Waals surface area contributed by atoms with Crippen LogP contribution in [0.5, 0.6) is 0 Å². The maximum absolute atomic E-state index is 12.5. The standard InChI is InChI=1S/C21H22N4O5S2/c1-5-30-20(27)16-10-11-17(22-13(16)2)19(26)24-21-23-18(12-31-21)14-6-8-15(9-7-14)32(28,29)25(3)4/h6-12H,5H2,1-4H3,(H,23,24,26). The van der Waals surface area contributed by atoms with Crippen molar-refractivity contribution >= 4 is 38.4 Å². The van der Waals surface area contributed by atoms with Gasteiger partial charge in [0.15, 0.2) is 5.13 Å². The van der Waals surface area contributed by atoms with Gasteiger partial charge in [-0.1, -0.05) is 12.1 Å². The van der Waals surface area contributed by atoms with Gasteiger partial charge < -0.3 is 4.74 Å². The number of benzene rings is 1. The fraction of sp³-hybridized carbons (Fsp3) is 0.238. The molecule has 2 aromatic heterocycles. The molecule has 0 radical (unpaired) electrons. The van der Waals surface area contributed by atoms with Crippen LogP contribution in [0.2, 0.25) is 0 Å². The van der Waals surface area contributed by atoms with Crippen molar-refractivity contribution in [2.24, 2.45) is 0 Å². The molecule has 32 heavy (non-hydrogen) atoms. The van der Waals surface area contributed by atoms with Crippen molar-refractivity contribution in [1.29, 1.82) is 0 Å². The number of rotatable bonds is 7. The molecule has 1 amide bonds. The third-order valence-electron chi connectivity index (χ3n) is 4.47. The van der Waals surface area contributed by atoms with Crippen LogP contribution >= 0.6 is 11.3 Å². The normalized spacial score (nSPS) is 11.4. The molecule has 11 heteroatoms. The summed E-state index contributed by atoms with van der Waals surface area (Å²) in [6.07, 6.45) is 0. The quantitative estimate of drug-likeness (QED) is 0.522. The largest absolute Gasteiger partial charge is 0.462 e. The third kappa shape index (κ3) is 5.01. The van der Waals surface area contributed by atoms with Gasteiger partial charge in [-0.2, -0.15) is 0 Å². The average molecular weight is 475 g/mol. The third-order valence-corrected chi connectivity index (χ3v) is 7.05. The molecule has 2 heterocycles. The highest BCUT2D eigenvalue weighted by atomic mass is 32.2. The SMILES string of the molecule is CCOC(=O)c1ccc(C(=O)Nc2nc(-c3ccc(S(=O)(=O)N(C)C)cc3)cs2)nc1C. The Hall–Kier alpha value is -3.15. The van der Waals surface area contributed by atoms with Gasteiger partial charge in [0.2, 0.25) is 10.0 Å². The Balaban J connectivity index is 1.73. The lowest BCUT2D eigenvalue weighted by Gasteiger charge is -2.11. The number of nitrogens with one attached hydrogen (secondary N) is 1. The number of carbonyl (C=O) groups excluding carboxylic acids is 2. The Morgan fingerprint density at radius 1 is 1.09 bits per heavy atom. The average Bonchev–Trinajstić information content (AvgIpc) is 3.22. The molecule has 0 aliphatic heterocycles. The van der Waals surface area contributed by atoms with Crippen LogP contribution < -0.4 is 5.32 Å². The van der Waals surface area contributed by atoms with E-state index in [-0.39, 0.29) is 17.2 Å². The summed E-state index contributed by atoms with van der Waals surface area (Å²) in [5.74, 6) is -0.949. The summed E-state index contributed by atoms with van der Waals surface area (Å²) in [6, 6.07) is 9.31. The number of hydrogen-bond acceptors (Lipinski definition) is 8. The van der Waals surface area contributed by atoms with Gasteiger partial charge in [-0.05, 0) is 38.1 Å². The van der Waals surface area contributed by atoms with Crippen LogP contribution in [0.25, 0.3) is 11.3 Å². The van der Waals surface area contributed by atoms with Crippen LogP contribution in [0.15, 0.2) is 46.7 Å². The van der Waals surface area contributed by atoms with Crippen LogP contribution in [-0.4, -0.2) is 55.3 Å². The summed E-state index contributed by atoms with van der Waals surface area (Å²) in [5.41, 5.74) is 2.15. The van der Waals surface area contributed by atoms with Gasteiger partial charge in [0, 0.05) is 25.0 Å². The number of thiazole rings is 1. The number of nitrogens with zero attached hydrogens (tertiary/aromatic N) is 3. The molecule has 0 aliphatic carbocycles. The minimum Gasteiger partial charge on any atom is -0.462 e. The van der Waals surface area contributed by atoms with E-state index < -0.39 is 21.9 Å². The molecule has 0 unspecified atom stereocenters. The van der Waals surface area contributed by atoms with Crippen LogP contribution in [0.1, 0.15) is 33.5 Å². The Kier molecular flexibility index (Phi) is 7.02. The summed E-state index contributed by atoms with van der Waals surface area (Å²) in [6.45, 7) is 3.59. The fourth-order valence-electron chi connectivity index (χ4n) is 2.75. The zero-order valence-electron chi connectivity index (χ0n) is 17.9. The molecular formula is C21H22N4O5S2. The predicted octanol–water partition coefficient (Wildman–Crippen LogP) is 3.19. The highest BCUT2D eigenvalue weighted by Gasteiger charge is 2.18. The van der Waals surface area contributed by atoms with Crippen molar-refractivity contribution in [3.63, 3.8) is 0 Å². The number of hydrogen-bond donors (Lipinski definition) is 1. The zero-order chi connectivity index (χ0) is 23.5. The van der Waals surface area contributed by atoms with E-state index in [0.717, 1.165) is 4.31 Å². The van der Waals surface area contributed by atoms with E-state index in [1.165, 1.54) is 49.7 Å². The number of anilines is 1. The topological polar surface area (TPSA) is 119 Å². The van der Waals surface area contributed by atoms with Crippen molar-refractivity contribution in [2.75, 3.05) is 26.0 Å². The summed E-state index contributed by atoms with van der Waals surface area (Å²) < 4.78 is 30.5. The number of esters is 1. The van der Waals surface area contributed by atoms with Crippen molar-refractivity contribution in [3.8, 4) is 11.3 Å². The second-order valence-electron chi connectivity index (χ2n) is 6.85. The smallest absolute Gasteiger partial charge is 0.339 e. The van der Waals surface area contributed by atoms with Crippen molar-refractivity contribution in [3.05, 3.63) is 58.7 Å². The summed E-state index contributed by atoms with van der Waals surface area (Å²) in [4.78, 5) is 33.2. The first-order valence-electron chi connectivity index (χ1n) is 9.58. The van der Waals surface area contributed by atoms with Gasteiger partial charge in [-0.3, -0.25) is 10.1 Å². The van der Waals surface area contributed by atoms with E-state index in [1.807, 2.05) is 0 Å². The zero-order valence-corrected chi connectivity index (χ0v) is 19.6. The molecule has 168 valence electrons. The minimum atomic E-state index is -3.51. The van der Waals surface area contributed by atoms with Crippen molar-refractivity contribution < 1.29 is 22.7 Å². The van der Waals surface area contributed by atoms with Gasteiger partial charge in [0.25, 0.3) is 5.91 Å². The van der Waals surface area contributed by atoms with E-state index in [4.69, 9.17) is 4.74 Å². The highest BCUT2D eigenvalue weighted by molar-refractivity contribution is 7.89. The fourth-order valence-corrected chi connectivity index (χ4v) is 4.36. The second-order valence-corrected chi connectivity index (χ2v) is 9.86. The first-order chi connectivity index (χ1) is 15.1. The first kappa shape index (κ1) is 23.5. The van der Waals surface area contributed by atoms with Gasteiger partial charge in [-0.25, -0.2) is 27.5 Å². The molecule has 9 nitrogen and oxygen atoms in total. The van der Waals surface area contributed by atoms with Crippen LogP contribution in [0, 0.1) is 6.92 Å². The molecular weight excluding hydrogens is 452 g/mol. The Morgan fingerprint density at radius 2 is 1.78 bits per heavy atom. The van der Waals surface area contributed by atoms with Gasteiger partial charge in [-0.15, -0.1) is 11.3 Å². The summed E-state index contributed by atoms with van der Waals surface area (Å²) >= 11 is 1.23. The van der Waals surface area contributed by atoms with Crippen molar-refractivity contribution in [2.45, 2.75) is 18.7 Å². The molecule has 0 aliphatic rings. The van der Waals surface area contributed by atoms with E-state index in [2.05, 4.69) is 15.3 Å². The molecule has 1 aromatic carbocycles. The number of carbonyl (C=O) groups is 2. The first-order valence-corrected chi connectivity index (χ1v) is 11.9. The summed E-state index contributed by atoms with van der Waals surface area (Å²) in [5, 5.41) is 4.81. The minimum absolute atomic E-state index is 0.144. The monoisotopic (exact) mass is 474 g/mol. The van der Waals surface area contributed by atoms with Crippen molar-refractivity contribution in [1.82, 2.24) is 14.3 Å². The Labute approximate surface area is 190 Å². The molecule has 0 fully saturated rings. The predicted molar refractivity (Wildman–Crippen MR) is 121 cm³/mol. The van der Waals surface area contributed by atoms with Gasteiger partial charge >= 0.3 is 5.97 Å². The lowest BCUT2D eigenvalue weighted by Crippen LogP contribution is -2.22. The molecule has 0 spiro atoms. The molecule has 0 saturated heterocycles. The highest BCUT2D eigenvalue weighted by Crippen LogP contribution is 2.26. The number of pyridine rings is 1. The van der Waals surface area contributed by atoms with E-state index in [0.29, 0.717) is 27.6 Å². The van der Waals surface area contributed by atoms with E-state index in [1.54, 1.807) is 31.4 Å². The van der Waals surface area contributed by atoms with Crippen LogP contribution in [0.3, 0.4) is 0 Å². The molecule has 0 saturated carbocycles. The summed E-state index contributed by atoms with van der Waals surface area (Å²) in [7, 11) is -0.567. The molecule has 1 N–H and O–H groups in total. The lowest BCUT2D eigenvalue weighted by molar-refractivity contribution is 0.0524. The second kappa shape index (κ2) is 9.55. The molecule has 3 rings (SSSR count). The van der Waals surface area contributed by atoms with Gasteiger partial charge in [0.05, 0.1) is 28.5 Å². The maximum atomic E-state index is 12.5. The molecule has 3 aromatic rings. The van der Waals surface area contributed by atoms with E-state index >= 15 is 0 Å². The lowest BCUT2D eigenvalue weighted by atomic mass is 10.2. The Bertz CT molecular complexity index is 1250. The van der Waals surface area contributed by atoms with E-state index in [9.17, 15) is 18.0 Å². The number of amides is 1. The number of aryl methyl sites for hydroxylation is 1. The molecule has 0 bridgehead atoms. The van der Waals surface area contributed by atoms with Crippen LogP contribution in [0.4, 0.5) is 5.13 Å². The number of ether oxygens (including phenoxy) is 1. The number of sulfonamides is 1.